The van der Waals surface area contributed by atoms with Crippen molar-refractivity contribution in [3.8, 4) is 11.1 Å². The Labute approximate surface area is 196 Å². The minimum Gasteiger partial charge on any atom is -0.352 e. The Hall–Kier alpha value is -3.99. The minimum absolute atomic E-state index is 0.0830. The molecule has 1 aliphatic rings. The number of sulfonamides is 1. The maximum absolute atomic E-state index is 13.0. The van der Waals surface area contributed by atoms with E-state index >= 15 is 0 Å². The molecule has 0 bridgehead atoms. The smallest absolute Gasteiger partial charge is 0.253 e. The summed E-state index contributed by atoms with van der Waals surface area (Å²) in [7, 11) is -3.36. The fourth-order valence-electron chi connectivity index (χ4n) is 4.08. The summed E-state index contributed by atoms with van der Waals surface area (Å²) < 4.78 is 25.1. The maximum Gasteiger partial charge on any atom is 0.253 e. The van der Waals surface area contributed by atoms with Gasteiger partial charge in [0.1, 0.15) is 12.1 Å². The third kappa shape index (κ3) is 4.55. The molecule has 1 fully saturated rings. The van der Waals surface area contributed by atoms with E-state index < -0.39 is 10.0 Å². The average Bonchev–Trinajstić information content (AvgIpc) is 3.38. The minimum atomic E-state index is -3.36. The first kappa shape index (κ1) is 21.8. The van der Waals surface area contributed by atoms with Gasteiger partial charge in [-0.1, -0.05) is 6.07 Å². The lowest BCUT2D eigenvalue weighted by atomic mass is 10.1. The number of aromatic nitrogens is 4. The van der Waals surface area contributed by atoms with Crippen LogP contribution in [0.3, 0.4) is 0 Å². The fraction of sp³-hybridized carbons (Fsp3) is 0.217. The Balaban J connectivity index is 1.30. The molecule has 0 aliphatic carbocycles. The Morgan fingerprint density at radius 3 is 2.44 bits per heavy atom. The quantitative estimate of drug-likeness (QED) is 0.452. The number of nitrogens with zero attached hydrogens (tertiary/aromatic N) is 5. The fourth-order valence-corrected chi connectivity index (χ4v) is 4.65. The van der Waals surface area contributed by atoms with Crippen molar-refractivity contribution in [1.29, 1.82) is 0 Å². The van der Waals surface area contributed by atoms with Gasteiger partial charge in [-0.05, 0) is 42.0 Å². The number of amides is 1. The summed E-state index contributed by atoms with van der Waals surface area (Å²) in [4.78, 5) is 25.9. The van der Waals surface area contributed by atoms with Crippen LogP contribution in [0.2, 0.25) is 0 Å². The van der Waals surface area contributed by atoms with Crippen LogP contribution in [0.1, 0.15) is 10.4 Å². The van der Waals surface area contributed by atoms with E-state index in [9.17, 15) is 13.2 Å². The number of carbonyl (C=O) groups is 1. The number of nitrogens with one attached hydrogen (secondary N) is 2. The molecular formula is C23H23N7O3S. The maximum atomic E-state index is 13.0. The van der Waals surface area contributed by atoms with E-state index in [2.05, 4.69) is 35.9 Å². The Bertz CT molecular complexity index is 1430. The molecule has 11 heteroatoms. The highest BCUT2D eigenvalue weighted by atomic mass is 32.2. The highest BCUT2D eigenvalue weighted by molar-refractivity contribution is 7.92. The topological polar surface area (TPSA) is 124 Å². The van der Waals surface area contributed by atoms with Crippen LogP contribution in [0.15, 0.2) is 61.2 Å². The molecule has 0 unspecified atom stereocenters. The van der Waals surface area contributed by atoms with Crippen molar-refractivity contribution in [3.05, 3.63) is 66.7 Å². The lowest BCUT2D eigenvalue weighted by molar-refractivity contribution is 0.0746. The monoisotopic (exact) mass is 477 g/mol. The standard InChI is InChI=1S/C23H23N7O3S/c1-34(32,33)28-19-5-2-16(3-6-19)23(31)30-10-8-29(9-11-30)22-20-12-17(18-13-26-27-14-18)4-7-21(20)24-15-25-22/h2-7,12-15,28H,8-11H2,1H3,(H,26,27). The van der Waals surface area contributed by atoms with Crippen molar-refractivity contribution in [2.24, 2.45) is 0 Å². The predicted octanol–water partition coefficient (Wildman–Crippen LogP) is 2.35. The lowest BCUT2D eigenvalue weighted by Gasteiger charge is -2.35. The average molecular weight is 478 g/mol. The lowest BCUT2D eigenvalue weighted by Crippen LogP contribution is -2.49. The van der Waals surface area contributed by atoms with Crippen molar-refractivity contribution in [2.45, 2.75) is 0 Å². The van der Waals surface area contributed by atoms with Crippen LogP contribution >= 0.6 is 0 Å². The van der Waals surface area contributed by atoms with Gasteiger partial charge >= 0.3 is 0 Å². The molecular weight excluding hydrogens is 454 g/mol. The Kier molecular flexibility index (Phi) is 5.62. The molecule has 34 heavy (non-hydrogen) atoms. The summed E-state index contributed by atoms with van der Waals surface area (Å²) in [5, 5.41) is 7.82. The number of hydrogen-bond acceptors (Lipinski definition) is 7. The first-order valence-corrected chi connectivity index (χ1v) is 12.6. The number of benzene rings is 2. The zero-order valence-corrected chi connectivity index (χ0v) is 19.3. The highest BCUT2D eigenvalue weighted by Crippen LogP contribution is 2.29. The van der Waals surface area contributed by atoms with E-state index in [1.54, 1.807) is 41.7 Å². The molecule has 5 rings (SSSR count). The van der Waals surface area contributed by atoms with E-state index in [1.807, 2.05) is 18.3 Å². The summed E-state index contributed by atoms with van der Waals surface area (Å²) in [6.45, 7) is 2.38. The summed E-state index contributed by atoms with van der Waals surface area (Å²) in [5.41, 5.74) is 3.82. The van der Waals surface area contributed by atoms with Gasteiger partial charge in [-0.2, -0.15) is 5.10 Å². The van der Waals surface area contributed by atoms with E-state index in [4.69, 9.17) is 0 Å². The van der Waals surface area contributed by atoms with Crippen LogP contribution in [0.5, 0.6) is 0 Å². The molecule has 2 N–H and O–H groups in total. The van der Waals surface area contributed by atoms with Gasteiger partial charge in [0.05, 0.1) is 18.0 Å². The SMILES string of the molecule is CS(=O)(=O)Nc1ccc(C(=O)N2CCN(c3ncnc4ccc(-c5cn[nH]c5)cc34)CC2)cc1. The molecule has 3 heterocycles. The number of H-pyrrole nitrogens is 1. The van der Waals surface area contributed by atoms with Gasteiger partial charge in [-0.15, -0.1) is 0 Å². The van der Waals surface area contributed by atoms with Crippen molar-refractivity contribution >= 4 is 38.3 Å². The van der Waals surface area contributed by atoms with Gasteiger partial charge in [0.15, 0.2) is 0 Å². The number of carbonyl (C=O) groups excluding carboxylic acids is 1. The summed E-state index contributed by atoms with van der Waals surface area (Å²) in [6.07, 6.45) is 6.28. The number of hydrogen-bond donors (Lipinski definition) is 2. The van der Waals surface area contributed by atoms with Crippen LogP contribution < -0.4 is 9.62 Å². The first-order chi connectivity index (χ1) is 16.4. The molecule has 1 aliphatic heterocycles. The van der Waals surface area contributed by atoms with Crippen molar-refractivity contribution in [3.63, 3.8) is 0 Å². The summed E-state index contributed by atoms with van der Waals surface area (Å²) >= 11 is 0. The zero-order valence-electron chi connectivity index (χ0n) is 18.5. The van der Waals surface area contributed by atoms with Crippen LogP contribution in [0.4, 0.5) is 11.5 Å². The van der Waals surface area contributed by atoms with Crippen LogP contribution in [0, 0.1) is 0 Å². The molecule has 0 saturated carbocycles. The predicted molar refractivity (Wildman–Crippen MR) is 130 cm³/mol. The molecule has 0 radical (unpaired) electrons. The summed E-state index contributed by atoms with van der Waals surface area (Å²) in [5.74, 6) is 0.763. The second-order valence-electron chi connectivity index (χ2n) is 8.15. The second kappa shape index (κ2) is 8.75. The number of aromatic amines is 1. The number of piperazine rings is 1. The number of fused-ring (bicyclic) bond motifs is 1. The van der Waals surface area contributed by atoms with Crippen molar-refractivity contribution in [1.82, 2.24) is 25.1 Å². The molecule has 1 amide bonds. The third-order valence-corrected chi connectivity index (χ3v) is 6.35. The number of rotatable bonds is 5. The largest absolute Gasteiger partial charge is 0.352 e. The van der Waals surface area contributed by atoms with Crippen LogP contribution in [-0.4, -0.2) is 71.8 Å². The molecule has 0 spiro atoms. The van der Waals surface area contributed by atoms with E-state index in [1.165, 1.54) is 0 Å². The molecule has 2 aromatic carbocycles. The van der Waals surface area contributed by atoms with Gasteiger partial charge in [-0.25, -0.2) is 18.4 Å². The van der Waals surface area contributed by atoms with Gasteiger partial charge in [0, 0.05) is 54.6 Å². The van der Waals surface area contributed by atoms with Gasteiger partial charge in [0.2, 0.25) is 10.0 Å². The second-order valence-corrected chi connectivity index (χ2v) is 9.90. The van der Waals surface area contributed by atoms with E-state index in [-0.39, 0.29) is 5.91 Å². The van der Waals surface area contributed by atoms with Gasteiger partial charge < -0.3 is 9.80 Å². The molecule has 1 saturated heterocycles. The summed E-state index contributed by atoms with van der Waals surface area (Å²) in [6, 6.07) is 12.5. The number of anilines is 2. The third-order valence-electron chi connectivity index (χ3n) is 5.75. The van der Waals surface area contributed by atoms with Crippen LogP contribution in [-0.2, 0) is 10.0 Å². The van der Waals surface area contributed by atoms with Gasteiger partial charge in [-0.3, -0.25) is 14.6 Å². The molecule has 4 aromatic rings. The molecule has 0 atom stereocenters. The zero-order chi connectivity index (χ0) is 23.7. The Morgan fingerprint density at radius 2 is 1.76 bits per heavy atom. The van der Waals surface area contributed by atoms with Gasteiger partial charge in [0.25, 0.3) is 5.91 Å². The van der Waals surface area contributed by atoms with E-state index in [0.717, 1.165) is 34.1 Å². The molecule has 174 valence electrons. The highest BCUT2D eigenvalue weighted by Gasteiger charge is 2.24. The normalized spacial score (nSPS) is 14.4. The van der Waals surface area contributed by atoms with E-state index in [0.29, 0.717) is 37.4 Å². The Morgan fingerprint density at radius 1 is 1.00 bits per heavy atom. The van der Waals surface area contributed by atoms with Crippen molar-refractivity contribution < 1.29 is 13.2 Å². The van der Waals surface area contributed by atoms with Crippen molar-refractivity contribution in [2.75, 3.05) is 42.1 Å². The van der Waals surface area contributed by atoms with Crippen LogP contribution in [0.25, 0.3) is 22.0 Å². The molecule has 10 nitrogen and oxygen atoms in total. The molecule has 2 aromatic heterocycles. The first-order valence-electron chi connectivity index (χ1n) is 10.7.